The van der Waals surface area contributed by atoms with Crippen molar-refractivity contribution in [2.75, 3.05) is 13.1 Å². The molecular formula is C20H32N2O2. The molecule has 1 aliphatic rings. The molecule has 1 fully saturated rings. The van der Waals surface area contributed by atoms with Gasteiger partial charge in [0.1, 0.15) is 5.60 Å². The van der Waals surface area contributed by atoms with Gasteiger partial charge in [-0.3, -0.25) is 4.90 Å². The lowest BCUT2D eigenvalue weighted by molar-refractivity contribution is 0.0496. The van der Waals surface area contributed by atoms with Crippen LogP contribution in [-0.4, -0.2) is 35.7 Å². The molecule has 1 saturated heterocycles. The molecule has 1 aromatic rings. The standard InChI is InChI=1S/C20H32N2O2/c1-16(21-19(23)24-20(2,3)4)13-18-11-8-12-22(15-18)14-17-9-6-5-7-10-17/h5-7,9-10,16,18H,8,11-15H2,1-4H3,(H,21,23). The molecule has 2 atom stereocenters. The summed E-state index contributed by atoms with van der Waals surface area (Å²) >= 11 is 0. The average Bonchev–Trinajstić information content (AvgIpc) is 2.46. The van der Waals surface area contributed by atoms with Crippen LogP contribution in [-0.2, 0) is 11.3 Å². The highest BCUT2D eigenvalue weighted by Crippen LogP contribution is 2.22. The van der Waals surface area contributed by atoms with Crippen molar-refractivity contribution in [3.05, 3.63) is 35.9 Å². The normalized spacial score (nSPS) is 20.4. The summed E-state index contributed by atoms with van der Waals surface area (Å²) in [6.45, 7) is 11.0. The molecule has 4 heteroatoms. The fourth-order valence-electron chi connectivity index (χ4n) is 3.40. The molecule has 1 amide bonds. The number of carbonyl (C=O) groups is 1. The zero-order valence-electron chi connectivity index (χ0n) is 15.5. The van der Waals surface area contributed by atoms with E-state index in [-0.39, 0.29) is 12.1 Å². The van der Waals surface area contributed by atoms with E-state index in [0.29, 0.717) is 5.92 Å². The maximum absolute atomic E-state index is 11.9. The molecule has 0 bridgehead atoms. The number of nitrogens with zero attached hydrogens (tertiary/aromatic N) is 1. The Kier molecular flexibility index (Phi) is 6.67. The van der Waals surface area contributed by atoms with Gasteiger partial charge >= 0.3 is 6.09 Å². The highest BCUT2D eigenvalue weighted by atomic mass is 16.6. The van der Waals surface area contributed by atoms with Gasteiger partial charge in [0.15, 0.2) is 0 Å². The highest BCUT2D eigenvalue weighted by molar-refractivity contribution is 5.68. The third-order valence-corrected chi connectivity index (χ3v) is 4.30. The van der Waals surface area contributed by atoms with Crippen molar-refractivity contribution in [3.63, 3.8) is 0 Å². The highest BCUT2D eigenvalue weighted by Gasteiger charge is 2.23. The summed E-state index contributed by atoms with van der Waals surface area (Å²) in [5, 5.41) is 2.97. The smallest absolute Gasteiger partial charge is 0.407 e. The first kappa shape index (κ1) is 18.8. The predicted molar refractivity (Wildman–Crippen MR) is 97.9 cm³/mol. The van der Waals surface area contributed by atoms with Crippen LogP contribution in [0.5, 0.6) is 0 Å². The fraction of sp³-hybridized carbons (Fsp3) is 0.650. The summed E-state index contributed by atoms with van der Waals surface area (Å²) in [7, 11) is 0. The van der Waals surface area contributed by atoms with Crippen LogP contribution in [0.1, 0.15) is 52.5 Å². The van der Waals surface area contributed by atoms with Crippen LogP contribution in [0.25, 0.3) is 0 Å². The van der Waals surface area contributed by atoms with E-state index in [2.05, 4.69) is 47.5 Å². The maximum Gasteiger partial charge on any atom is 0.407 e. The molecule has 1 aromatic carbocycles. The zero-order valence-corrected chi connectivity index (χ0v) is 15.5. The number of carbonyl (C=O) groups excluding carboxylic acids is 1. The van der Waals surface area contributed by atoms with Gasteiger partial charge in [-0.05, 0) is 65.0 Å². The Bertz CT molecular complexity index is 510. The predicted octanol–water partition coefficient (Wildman–Crippen LogP) is 4.20. The lowest BCUT2D eigenvalue weighted by Crippen LogP contribution is -2.41. The molecule has 2 unspecified atom stereocenters. The van der Waals surface area contributed by atoms with Crippen LogP contribution in [0.3, 0.4) is 0 Å². The molecule has 2 rings (SSSR count). The van der Waals surface area contributed by atoms with Gasteiger partial charge in [-0.2, -0.15) is 0 Å². The van der Waals surface area contributed by atoms with Gasteiger partial charge < -0.3 is 10.1 Å². The molecule has 134 valence electrons. The third kappa shape index (κ3) is 6.91. The van der Waals surface area contributed by atoms with Gasteiger partial charge in [0.05, 0.1) is 0 Å². The van der Waals surface area contributed by atoms with E-state index in [1.807, 2.05) is 20.8 Å². The van der Waals surface area contributed by atoms with E-state index in [1.165, 1.54) is 24.9 Å². The number of amides is 1. The fourth-order valence-corrected chi connectivity index (χ4v) is 3.40. The molecule has 1 heterocycles. The molecule has 1 aliphatic heterocycles. The SMILES string of the molecule is CC(CC1CCCN(Cc2ccccc2)C1)NC(=O)OC(C)(C)C. The minimum atomic E-state index is -0.443. The van der Waals surface area contributed by atoms with E-state index in [0.717, 1.165) is 19.5 Å². The van der Waals surface area contributed by atoms with E-state index in [1.54, 1.807) is 0 Å². The van der Waals surface area contributed by atoms with E-state index in [4.69, 9.17) is 4.74 Å². The average molecular weight is 332 g/mol. The van der Waals surface area contributed by atoms with Crippen molar-refractivity contribution in [2.45, 2.75) is 65.1 Å². The van der Waals surface area contributed by atoms with Crippen LogP contribution in [0.2, 0.25) is 0 Å². The van der Waals surface area contributed by atoms with Crippen molar-refractivity contribution in [1.82, 2.24) is 10.2 Å². The first-order valence-corrected chi connectivity index (χ1v) is 9.07. The molecule has 0 saturated carbocycles. The summed E-state index contributed by atoms with van der Waals surface area (Å²) in [5.74, 6) is 0.632. The van der Waals surface area contributed by atoms with Crippen LogP contribution < -0.4 is 5.32 Å². The van der Waals surface area contributed by atoms with Gasteiger partial charge in [0, 0.05) is 19.1 Å². The summed E-state index contributed by atoms with van der Waals surface area (Å²) in [4.78, 5) is 14.4. The molecule has 4 nitrogen and oxygen atoms in total. The molecule has 24 heavy (non-hydrogen) atoms. The van der Waals surface area contributed by atoms with E-state index in [9.17, 15) is 4.79 Å². The van der Waals surface area contributed by atoms with Crippen LogP contribution in [0.15, 0.2) is 30.3 Å². The minimum Gasteiger partial charge on any atom is -0.444 e. The quantitative estimate of drug-likeness (QED) is 0.878. The monoisotopic (exact) mass is 332 g/mol. The van der Waals surface area contributed by atoms with Crippen LogP contribution >= 0.6 is 0 Å². The molecule has 0 aromatic heterocycles. The largest absolute Gasteiger partial charge is 0.444 e. The van der Waals surface area contributed by atoms with Crippen molar-refractivity contribution in [3.8, 4) is 0 Å². The number of likely N-dealkylation sites (tertiary alicyclic amines) is 1. The van der Waals surface area contributed by atoms with Gasteiger partial charge in [-0.1, -0.05) is 30.3 Å². The molecule has 0 aliphatic carbocycles. The van der Waals surface area contributed by atoms with Crippen molar-refractivity contribution in [2.24, 2.45) is 5.92 Å². The van der Waals surface area contributed by atoms with Crippen molar-refractivity contribution < 1.29 is 9.53 Å². The Morgan fingerprint density at radius 1 is 1.33 bits per heavy atom. The zero-order chi connectivity index (χ0) is 17.6. The second-order valence-corrected chi connectivity index (χ2v) is 8.01. The third-order valence-electron chi connectivity index (χ3n) is 4.30. The van der Waals surface area contributed by atoms with Gasteiger partial charge in [0.25, 0.3) is 0 Å². The summed E-state index contributed by atoms with van der Waals surface area (Å²) < 4.78 is 5.34. The summed E-state index contributed by atoms with van der Waals surface area (Å²) in [5.41, 5.74) is 0.930. The first-order valence-electron chi connectivity index (χ1n) is 9.07. The number of piperidine rings is 1. The number of ether oxygens (including phenoxy) is 1. The number of hydrogen-bond donors (Lipinski definition) is 1. The first-order chi connectivity index (χ1) is 11.3. The Morgan fingerprint density at radius 2 is 2.04 bits per heavy atom. The van der Waals surface area contributed by atoms with Gasteiger partial charge in [-0.25, -0.2) is 4.79 Å². The Balaban J connectivity index is 1.76. The van der Waals surface area contributed by atoms with Crippen molar-refractivity contribution in [1.29, 1.82) is 0 Å². The van der Waals surface area contributed by atoms with Crippen LogP contribution in [0, 0.1) is 5.92 Å². The number of hydrogen-bond acceptors (Lipinski definition) is 3. The Morgan fingerprint density at radius 3 is 2.71 bits per heavy atom. The molecular weight excluding hydrogens is 300 g/mol. The number of nitrogens with one attached hydrogen (secondary N) is 1. The lowest BCUT2D eigenvalue weighted by Gasteiger charge is -2.34. The summed E-state index contributed by atoms with van der Waals surface area (Å²) in [6.07, 6.45) is 3.17. The molecule has 1 N–H and O–H groups in total. The maximum atomic E-state index is 11.9. The number of rotatable bonds is 5. The Hall–Kier alpha value is -1.55. The Labute approximate surface area is 146 Å². The van der Waals surface area contributed by atoms with Gasteiger partial charge in [0.2, 0.25) is 0 Å². The van der Waals surface area contributed by atoms with Crippen molar-refractivity contribution >= 4 is 6.09 Å². The molecule has 0 radical (unpaired) electrons. The number of benzene rings is 1. The second kappa shape index (κ2) is 8.52. The molecule has 0 spiro atoms. The second-order valence-electron chi connectivity index (χ2n) is 8.01. The number of alkyl carbamates (subject to hydrolysis) is 1. The van der Waals surface area contributed by atoms with E-state index < -0.39 is 5.60 Å². The van der Waals surface area contributed by atoms with E-state index >= 15 is 0 Å². The summed E-state index contributed by atoms with van der Waals surface area (Å²) in [6, 6.07) is 10.8. The topological polar surface area (TPSA) is 41.6 Å². The lowest BCUT2D eigenvalue weighted by atomic mass is 9.91. The van der Waals surface area contributed by atoms with Gasteiger partial charge in [-0.15, -0.1) is 0 Å². The van der Waals surface area contributed by atoms with Crippen LogP contribution in [0.4, 0.5) is 4.79 Å². The minimum absolute atomic E-state index is 0.140.